The van der Waals surface area contributed by atoms with E-state index >= 15 is 0 Å². The summed E-state index contributed by atoms with van der Waals surface area (Å²) in [6.45, 7) is 3.90. The van der Waals surface area contributed by atoms with Gasteiger partial charge in [-0.2, -0.15) is 0 Å². The van der Waals surface area contributed by atoms with E-state index in [1.807, 2.05) is 13.8 Å². The monoisotopic (exact) mass is 257 g/mol. The third-order valence-electron chi connectivity index (χ3n) is 2.86. The third-order valence-corrected chi connectivity index (χ3v) is 2.86. The van der Waals surface area contributed by atoms with Crippen molar-refractivity contribution < 1.29 is 18.7 Å². The van der Waals surface area contributed by atoms with Gasteiger partial charge in [0.1, 0.15) is 11.6 Å². The van der Waals surface area contributed by atoms with Gasteiger partial charge >= 0.3 is 5.97 Å². The molecular weight excluding hydrogens is 240 g/mol. The molecule has 3 nitrogen and oxygen atoms in total. The van der Waals surface area contributed by atoms with Gasteiger partial charge in [0.15, 0.2) is 0 Å². The van der Waals surface area contributed by atoms with Crippen molar-refractivity contribution >= 4 is 5.97 Å². The Labute approximate surface area is 105 Å². The van der Waals surface area contributed by atoms with Gasteiger partial charge in [0.05, 0.1) is 6.54 Å². The maximum absolute atomic E-state index is 13.0. The van der Waals surface area contributed by atoms with Crippen LogP contribution in [0.4, 0.5) is 8.78 Å². The minimum Gasteiger partial charge on any atom is -0.480 e. The van der Waals surface area contributed by atoms with E-state index in [-0.39, 0.29) is 19.1 Å². The van der Waals surface area contributed by atoms with E-state index in [0.29, 0.717) is 5.56 Å². The number of rotatable bonds is 6. The molecule has 5 heteroatoms. The number of halogens is 2. The molecule has 18 heavy (non-hydrogen) atoms. The van der Waals surface area contributed by atoms with E-state index in [9.17, 15) is 13.6 Å². The first-order valence-corrected chi connectivity index (χ1v) is 5.83. The molecule has 0 spiro atoms. The van der Waals surface area contributed by atoms with Crippen LogP contribution in [-0.2, 0) is 11.3 Å². The standard InChI is InChI=1S/C13H17F2NO2/c1-3-9(2)16(8-13(17)18)7-10-4-11(14)6-12(15)5-10/h4-6,9H,3,7-8H2,1-2H3,(H,17,18). The van der Waals surface area contributed by atoms with Gasteiger partial charge in [-0.3, -0.25) is 9.69 Å². The maximum Gasteiger partial charge on any atom is 0.317 e. The normalized spacial score (nSPS) is 12.7. The molecule has 0 heterocycles. The number of aliphatic carboxylic acids is 1. The van der Waals surface area contributed by atoms with E-state index in [4.69, 9.17) is 5.11 Å². The summed E-state index contributed by atoms with van der Waals surface area (Å²) in [6, 6.07) is 3.28. The van der Waals surface area contributed by atoms with E-state index in [0.717, 1.165) is 12.5 Å². The van der Waals surface area contributed by atoms with Crippen molar-refractivity contribution in [2.24, 2.45) is 0 Å². The van der Waals surface area contributed by atoms with Crippen LogP contribution in [0.15, 0.2) is 18.2 Å². The number of carbonyl (C=O) groups is 1. The van der Waals surface area contributed by atoms with Gasteiger partial charge in [-0.1, -0.05) is 6.92 Å². The predicted octanol–water partition coefficient (Wildman–Crippen LogP) is 2.65. The van der Waals surface area contributed by atoms with Crippen molar-refractivity contribution in [3.05, 3.63) is 35.4 Å². The molecule has 0 amide bonds. The molecule has 1 rings (SSSR count). The summed E-state index contributed by atoms with van der Waals surface area (Å²) in [7, 11) is 0. The highest BCUT2D eigenvalue weighted by Crippen LogP contribution is 2.13. The summed E-state index contributed by atoms with van der Waals surface area (Å²) < 4.78 is 26.1. The Hall–Kier alpha value is -1.49. The SMILES string of the molecule is CCC(C)N(CC(=O)O)Cc1cc(F)cc(F)c1. The van der Waals surface area contributed by atoms with Crippen LogP contribution >= 0.6 is 0 Å². The maximum atomic E-state index is 13.0. The van der Waals surface area contributed by atoms with Crippen LogP contribution in [0.25, 0.3) is 0 Å². The van der Waals surface area contributed by atoms with Crippen LogP contribution in [0.5, 0.6) is 0 Å². The fraction of sp³-hybridized carbons (Fsp3) is 0.462. The van der Waals surface area contributed by atoms with Crippen LogP contribution in [0, 0.1) is 11.6 Å². The lowest BCUT2D eigenvalue weighted by atomic mass is 10.1. The van der Waals surface area contributed by atoms with Crippen molar-refractivity contribution in [1.82, 2.24) is 4.90 Å². The number of hydrogen-bond acceptors (Lipinski definition) is 2. The van der Waals surface area contributed by atoms with Crippen LogP contribution in [0.3, 0.4) is 0 Å². The topological polar surface area (TPSA) is 40.5 Å². The zero-order chi connectivity index (χ0) is 13.7. The second kappa shape index (κ2) is 6.44. The average Bonchev–Trinajstić information content (AvgIpc) is 2.25. The van der Waals surface area contributed by atoms with Gasteiger partial charge in [0.2, 0.25) is 0 Å². The first-order chi connectivity index (χ1) is 8.42. The Balaban J connectivity index is 2.84. The molecule has 0 aromatic heterocycles. The predicted molar refractivity (Wildman–Crippen MR) is 64.2 cm³/mol. The highest BCUT2D eigenvalue weighted by molar-refractivity contribution is 5.69. The molecule has 1 atom stereocenters. The smallest absolute Gasteiger partial charge is 0.317 e. The molecule has 1 unspecified atom stereocenters. The Morgan fingerprint density at radius 3 is 2.33 bits per heavy atom. The molecule has 0 radical (unpaired) electrons. The number of hydrogen-bond donors (Lipinski definition) is 1. The van der Waals surface area contributed by atoms with E-state index in [2.05, 4.69) is 0 Å². The third kappa shape index (κ3) is 4.41. The molecule has 0 fully saturated rings. The van der Waals surface area contributed by atoms with Crippen LogP contribution in [-0.4, -0.2) is 28.6 Å². The lowest BCUT2D eigenvalue weighted by molar-refractivity contribution is -0.139. The molecule has 1 N–H and O–H groups in total. The minimum atomic E-state index is -0.952. The number of benzene rings is 1. The summed E-state index contributed by atoms with van der Waals surface area (Å²) >= 11 is 0. The Bertz CT molecular complexity index is 403. The van der Waals surface area contributed by atoms with Crippen molar-refractivity contribution in [2.45, 2.75) is 32.9 Å². The highest BCUT2D eigenvalue weighted by atomic mass is 19.1. The zero-order valence-corrected chi connectivity index (χ0v) is 10.5. The summed E-state index contributed by atoms with van der Waals surface area (Å²) in [5, 5.41) is 8.83. The summed E-state index contributed by atoms with van der Waals surface area (Å²) in [5.41, 5.74) is 0.439. The summed E-state index contributed by atoms with van der Waals surface area (Å²) in [5.74, 6) is -2.25. The van der Waals surface area contributed by atoms with Gasteiger partial charge in [-0.15, -0.1) is 0 Å². The number of nitrogens with zero attached hydrogens (tertiary/aromatic N) is 1. The Morgan fingerprint density at radius 2 is 1.89 bits per heavy atom. The fourth-order valence-corrected chi connectivity index (χ4v) is 1.74. The van der Waals surface area contributed by atoms with E-state index < -0.39 is 17.6 Å². The van der Waals surface area contributed by atoms with Crippen molar-refractivity contribution in [2.75, 3.05) is 6.54 Å². The van der Waals surface area contributed by atoms with Crippen molar-refractivity contribution in [1.29, 1.82) is 0 Å². The van der Waals surface area contributed by atoms with Gasteiger partial charge in [-0.25, -0.2) is 8.78 Å². The second-order valence-electron chi connectivity index (χ2n) is 4.33. The van der Waals surface area contributed by atoms with Gasteiger partial charge in [-0.05, 0) is 31.0 Å². The van der Waals surface area contributed by atoms with E-state index in [1.54, 1.807) is 4.90 Å². The lowest BCUT2D eigenvalue weighted by Gasteiger charge is -2.26. The summed E-state index contributed by atoms with van der Waals surface area (Å²) in [6.07, 6.45) is 0.769. The van der Waals surface area contributed by atoms with Crippen LogP contribution in [0.1, 0.15) is 25.8 Å². The molecule has 0 bridgehead atoms. The highest BCUT2D eigenvalue weighted by Gasteiger charge is 2.16. The first-order valence-electron chi connectivity index (χ1n) is 5.83. The fourth-order valence-electron chi connectivity index (χ4n) is 1.74. The molecule has 1 aromatic rings. The van der Waals surface area contributed by atoms with Crippen LogP contribution in [0.2, 0.25) is 0 Å². The number of carboxylic acids is 1. The molecular formula is C13H17F2NO2. The average molecular weight is 257 g/mol. The zero-order valence-electron chi connectivity index (χ0n) is 10.5. The summed E-state index contributed by atoms with van der Waals surface area (Å²) in [4.78, 5) is 12.4. The lowest BCUT2D eigenvalue weighted by Crippen LogP contribution is -2.36. The second-order valence-corrected chi connectivity index (χ2v) is 4.33. The molecule has 0 aliphatic rings. The molecule has 0 saturated carbocycles. The van der Waals surface area contributed by atoms with E-state index in [1.165, 1.54) is 12.1 Å². The van der Waals surface area contributed by atoms with Crippen molar-refractivity contribution in [3.8, 4) is 0 Å². The minimum absolute atomic E-state index is 0.0347. The molecule has 1 aromatic carbocycles. The largest absolute Gasteiger partial charge is 0.480 e. The number of carboxylic acid groups (broad SMARTS) is 1. The molecule has 100 valence electrons. The van der Waals surface area contributed by atoms with Gasteiger partial charge in [0, 0.05) is 18.7 Å². The van der Waals surface area contributed by atoms with Crippen molar-refractivity contribution in [3.63, 3.8) is 0 Å². The Kier molecular flexibility index (Phi) is 5.22. The molecule has 0 aliphatic heterocycles. The van der Waals surface area contributed by atoms with Crippen LogP contribution < -0.4 is 0 Å². The van der Waals surface area contributed by atoms with Gasteiger partial charge in [0.25, 0.3) is 0 Å². The molecule has 0 saturated heterocycles. The first kappa shape index (κ1) is 14.6. The quantitative estimate of drug-likeness (QED) is 0.851. The van der Waals surface area contributed by atoms with Gasteiger partial charge < -0.3 is 5.11 Å². The molecule has 0 aliphatic carbocycles. The Morgan fingerprint density at radius 1 is 1.33 bits per heavy atom.